The first-order chi connectivity index (χ1) is 11.2. The molecule has 0 aromatic heterocycles. The van der Waals surface area contributed by atoms with E-state index in [9.17, 15) is 9.59 Å². The molecule has 0 bridgehead atoms. The average Bonchev–Trinajstić information content (AvgIpc) is 2.51. The number of hydrogen-bond donors (Lipinski definition) is 1. The molecule has 3 heteroatoms. The van der Waals surface area contributed by atoms with Crippen LogP contribution in [0.25, 0.3) is 0 Å². The van der Waals surface area contributed by atoms with Gasteiger partial charge in [-0.05, 0) is 38.2 Å². The summed E-state index contributed by atoms with van der Waals surface area (Å²) in [6, 6.07) is 0. The SMILES string of the molecule is CC/C=C\CC(=O)/C=C/C=C\C/C=C\C/C=C\CCCC(=O)O. The molecule has 0 saturated carbocycles. The van der Waals surface area contributed by atoms with Crippen LogP contribution in [0.3, 0.4) is 0 Å². The largest absolute Gasteiger partial charge is 0.481 e. The molecule has 1 N–H and O–H groups in total. The zero-order valence-electron chi connectivity index (χ0n) is 14.0. The van der Waals surface area contributed by atoms with Crippen LogP contribution >= 0.6 is 0 Å². The van der Waals surface area contributed by atoms with Crippen LogP contribution in [0.4, 0.5) is 0 Å². The van der Waals surface area contributed by atoms with Crippen molar-refractivity contribution in [3.8, 4) is 0 Å². The molecule has 0 atom stereocenters. The molecule has 0 aliphatic heterocycles. The highest BCUT2D eigenvalue weighted by atomic mass is 16.4. The number of carbonyl (C=O) groups excluding carboxylic acids is 1. The number of carboxylic acid groups (broad SMARTS) is 1. The third kappa shape index (κ3) is 17.8. The van der Waals surface area contributed by atoms with Gasteiger partial charge >= 0.3 is 5.97 Å². The van der Waals surface area contributed by atoms with Crippen molar-refractivity contribution in [2.45, 2.75) is 51.9 Å². The molecule has 0 aliphatic rings. The van der Waals surface area contributed by atoms with Gasteiger partial charge in [-0.1, -0.05) is 61.6 Å². The Morgan fingerprint density at radius 1 is 0.870 bits per heavy atom. The zero-order valence-corrected chi connectivity index (χ0v) is 14.0. The van der Waals surface area contributed by atoms with Gasteiger partial charge in [-0.2, -0.15) is 0 Å². The Morgan fingerprint density at radius 2 is 1.57 bits per heavy atom. The molecule has 0 fully saturated rings. The van der Waals surface area contributed by atoms with Crippen LogP contribution in [-0.2, 0) is 9.59 Å². The molecule has 0 spiro atoms. The van der Waals surface area contributed by atoms with Gasteiger partial charge in [0.15, 0.2) is 5.78 Å². The smallest absolute Gasteiger partial charge is 0.303 e. The van der Waals surface area contributed by atoms with Crippen LogP contribution in [0, 0.1) is 0 Å². The quantitative estimate of drug-likeness (QED) is 0.221. The summed E-state index contributed by atoms with van der Waals surface area (Å²) in [6.45, 7) is 2.04. The van der Waals surface area contributed by atoms with E-state index in [1.165, 1.54) is 0 Å². The minimum Gasteiger partial charge on any atom is -0.481 e. The standard InChI is InChI=1S/C20H28O3/c1-2-3-13-16-19(21)17-14-11-9-7-5-4-6-8-10-12-15-18-20(22)23/h3-5,8-11,13-14,17H,2,6-7,12,15-16,18H2,1H3,(H,22,23)/b5-4-,10-8-,11-9-,13-3-,17-14+. The number of carbonyl (C=O) groups is 2. The van der Waals surface area contributed by atoms with Crippen molar-refractivity contribution in [3.63, 3.8) is 0 Å². The second-order valence-electron chi connectivity index (χ2n) is 5.04. The predicted molar refractivity (Wildman–Crippen MR) is 96.3 cm³/mol. The number of rotatable bonds is 13. The molecule has 126 valence electrons. The van der Waals surface area contributed by atoms with Gasteiger partial charge in [0.2, 0.25) is 0 Å². The van der Waals surface area contributed by atoms with E-state index in [4.69, 9.17) is 5.11 Å². The van der Waals surface area contributed by atoms with E-state index in [-0.39, 0.29) is 12.2 Å². The van der Waals surface area contributed by atoms with Crippen LogP contribution in [0.2, 0.25) is 0 Å². The first-order valence-electron chi connectivity index (χ1n) is 8.19. The summed E-state index contributed by atoms with van der Waals surface area (Å²) in [5.74, 6) is -0.624. The maximum Gasteiger partial charge on any atom is 0.303 e. The normalized spacial score (nSPS) is 12.6. The number of unbranched alkanes of at least 4 members (excludes halogenated alkanes) is 1. The molecule has 23 heavy (non-hydrogen) atoms. The summed E-state index contributed by atoms with van der Waals surface area (Å²) in [5, 5.41) is 8.49. The van der Waals surface area contributed by atoms with E-state index in [1.807, 2.05) is 43.4 Å². The number of carboxylic acids is 1. The summed E-state index contributed by atoms with van der Waals surface area (Å²) < 4.78 is 0. The Morgan fingerprint density at radius 3 is 2.26 bits per heavy atom. The van der Waals surface area contributed by atoms with Gasteiger partial charge in [-0.3, -0.25) is 9.59 Å². The Hall–Kier alpha value is -2.16. The van der Waals surface area contributed by atoms with Crippen molar-refractivity contribution in [2.75, 3.05) is 0 Å². The first-order valence-corrected chi connectivity index (χ1v) is 8.19. The first kappa shape index (κ1) is 20.8. The van der Waals surface area contributed by atoms with Crippen molar-refractivity contribution in [2.24, 2.45) is 0 Å². The monoisotopic (exact) mass is 316 g/mol. The maximum atomic E-state index is 11.4. The Bertz CT molecular complexity index is 465. The molecule has 0 radical (unpaired) electrons. The molecule has 3 nitrogen and oxygen atoms in total. The molecule has 0 unspecified atom stereocenters. The van der Waals surface area contributed by atoms with Crippen LogP contribution in [0.15, 0.2) is 60.8 Å². The fourth-order valence-corrected chi connectivity index (χ4v) is 1.69. The summed E-state index contributed by atoms with van der Waals surface area (Å²) in [4.78, 5) is 21.7. The Kier molecular flexibility index (Phi) is 14.7. The highest BCUT2D eigenvalue weighted by Crippen LogP contribution is 1.98. The third-order valence-electron chi connectivity index (χ3n) is 2.89. The van der Waals surface area contributed by atoms with E-state index in [0.717, 1.165) is 25.7 Å². The Balaban J connectivity index is 3.65. The Labute approximate surface area is 139 Å². The minimum atomic E-state index is -0.738. The molecule has 0 aliphatic carbocycles. The van der Waals surface area contributed by atoms with Gasteiger partial charge in [0.25, 0.3) is 0 Å². The van der Waals surface area contributed by atoms with Crippen LogP contribution in [-0.4, -0.2) is 16.9 Å². The van der Waals surface area contributed by atoms with Crippen LogP contribution < -0.4 is 0 Å². The van der Waals surface area contributed by atoms with Crippen LogP contribution in [0.5, 0.6) is 0 Å². The van der Waals surface area contributed by atoms with Gasteiger partial charge in [-0.25, -0.2) is 0 Å². The molecule has 0 aromatic carbocycles. The predicted octanol–water partition coefficient (Wildman–Crippen LogP) is 5.17. The topological polar surface area (TPSA) is 54.4 Å². The summed E-state index contributed by atoms with van der Waals surface area (Å²) >= 11 is 0. The van der Waals surface area contributed by atoms with Crippen molar-refractivity contribution in [1.29, 1.82) is 0 Å². The third-order valence-corrected chi connectivity index (χ3v) is 2.89. The number of hydrogen-bond acceptors (Lipinski definition) is 2. The number of aliphatic carboxylic acids is 1. The molecule has 0 rings (SSSR count). The van der Waals surface area contributed by atoms with Crippen molar-refractivity contribution < 1.29 is 14.7 Å². The lowest BCUT2D eigenvalue weighted by molar-refractivity contribution is -0.137. The number of allylic oxidation sites excluding steroid dienone is 10. The molecule has 0 amide bonds. The maximum absolute atomic E-state index is 11.4. The molecule has 0 aromatic rings. The van der Waals surface area contributed by atoms with Crippen molar-refractivity contribution in [3.05, 3.63) is 60.8 Å². The van der Waals surface area contributed by atoms with Gasteiger partial charge < -0.3 is 5.11 Å². The van der Waals surface area contributed by atoms with Gasteiger partial charge in [0.1, 0.15) is 0 Å². The molecule has 0 saturated heterocycles. The van der Waals surface area contributed by atoms with E-state index in [0.29, 0.717) is 12.8 Å². The second kappa shape index (κ2) is 16.2. The van der Waals surface area contributed by atoms with Gasteiger partial charge in [0, 0.05) is 12.8 Å². The van der Waals surface area contributed by atoms with Gasteiger partial charge in [-0.15, -0.1) is 0 Å². The summed E-state index contributed by atoms with van der Waals surface area (Å²) in [6.07, 6.45) is 24.2. The lowest BCUT2D eigenvalue weighted by atomic mass is 10.2. The fourth-order valence-electron chi connectivity index (χ4n) is 1.69. The lowest BCUT2D eigenvalue weighted by Gasteiger charge is -1.89. The van der Waals surface area contributed by atoms with Gasteiger partial charge in [0.05, 0.1) is 0 Å². The van der Waals surface area contributed by atoms with Crippen molar-refractivity contribution in [1.82, 2.24) is 0 Å². The molecular formula is C20H28O3. The van der Waals surface area contributed by atoms with E-state index in [1.54, 1.807) is 12.2 Å². The van der Waals surface area contributed by atoms with E-state index in [2.05, 4.69) is 12.2 Å². The van der Waals surface area contributed by atoms with Crippen LogP contribution in [0.1, 0.15) is 51.9 Å². The molecular weight excluding hydrogens is 288 g/mol. The second-order valence-corrected chi connectivity index (χ2v) is 5.04. The lowest BCUT2D eigenvalue weighted by Crippen LogP contribution is -1.92. The highest BCUT2D eigenvalue weighted by Gasteiger charge is 1.92. The fraction of sp³-hybridized carbons (Fsp3) is 0.400. The summed E-state index contributed by atoms with van der Waals surface area (Å²) in [5.41, 5.74) is 0. The number of ketones is 1. The molecule has 0 heterocycles. The van der Waals surface area contributed by atoms with E-state index >= 15 is 0 Å². The van der Waals surface area contributed by atoms with Crippen molar-refractivity contribution >= 4 is 11.8 Å². The van der Waals surface area contributed by atoms with E-state index < -0.39 is 5.97 Å². The minimum absolute atomic E-state index is 0.114. The zero-order chi connectivity index (χ0) is 17.2. The average molecular weight is 316 g/mol. The highest BCUT2D eigenvalue weighted by molar-refractivity contribution is 5.90. The summed E-state index contributed by atoms with van der Waals surface area (Å²) in [7, 11) is 0.